The van der Waals surface area contributed by atoms with Gasteiger partial charge < -0.3 is 25.0 Å². The lowest BCUT2D eigenvalue weighted by Crippen LogP contribution is -2.42. The largest absolute Gasteiger partial charge is 0.383 e. The fraction of sp³-hybridized carbons (Fsp3) is 0.690. The van der Waals surface area contributed by atoms with Gasteiger partial charge in [-0.2, -0.15) is 0 Å². The molecule has 3 fully saturated rings. The lowest BCUT2D eigenvalue weighted by molar-refractivity contribution is -0.0241. The maximum atomic E-state index is 5.70. The molecule has 1 spiro atoms. The molecule has 0 radical (unpaired) electrons. The summed E-state index contributed by atoms with van der Waals surface area (Å²) < 4.78 is 11.0. The summed E-state index contributed by atoms with van der Waals surface area (Å²) in [5.41, 5.74) is 2.29. The molecule has 3 aliphatic rings. The van der Waals surface area contributed by atoms with Crippen molar-refractivity contribution < 1.29 is 9.47 Å². The molecular formula is C29H44N6O2. The first-order valence-electron chi connectivity index (χ1n) is 14.0. The maximum absolute atomic E-state index is 5.70. The molecule has 1 atom stereocenters. The van der Waals surface area contributed by atoms with Crippen LogP contribution in [0.3, 0.4) is 0 Å². The zero-order chi connectivity index (χ0) is 25.9. The Hall–Kier alpha value is -2.29. The Kier molecular flexibility index (Phi) is 7.98. The van der Waals surface area contributed by atoms with Crippen LogP contribution < -0.4 is 15.5 Å². The van der Waals surface area contributed by atoms with E-state index < -0.39 is 0 Å². The van der Waals surface area contributed by atoms with Crippen molar-refractivity contribution in [3.8, 4) is 11.4 Å². The SMILES string of the molecule is COC[C@@H](C)NC1CCC(Nc2cc(-c3cccc(N4CC(C)(C)C5(CCOCC5)C4)n3)ncn2)CC1. The number of pyridine rings is 1. The van der Waals surface area contributed by atoms with Crippen LogP contribution in [0.5, 0.6) is 0 Å². The zero-order valence-corrected chi connectivity index (χ0v) is 23.0. The van der Waals surface area contributed by atoms with E-state index in [1.54, 1.807) is 13.4 Å². The predicted molar refractivity (Wildman–Crippen MR) is 148 cm³/mol. The highest BCUT2D eigenvalue weighted by atomic mass is 16.5. The van der Waals surface area contributed by atoms with Gasteiger partial charge in [0, 0.05) is 57.6 Å². The maximum Gasteiger partial charge on any atom is 0.130 e. The first-order chi connectivity index (χ1) is 17.9. The summed E-state index contributed by atoms with van der Waals surface area (Å²) >= 11 is 0. The Morgan fingerprint density at radius 3 is 2.57 bits per heavy atom. The molecule has 0 amide bonds. The fourth-order valence-electron chi connectivity index (χ4n) is 6.67. The van der Waals surface area contributed by atoms with Crippen LogP contribution in [0.1, 0.15) is 59.3 Å². The molecule has 2 aliphatic heterocycles. The van der Waals surface area contributed by atoms with Crippen LogP contribution in [0.2, 0.25) is 0 Å². The summed E-state index contributed by atoms with van der Waals surface area (Å²) in [7, 11) is 1.76. The van der Waals surface area contributed by atoms with E-state index in [2.05, 4.69) is 64.5 Å². The fourth-order valence-corrected chi connectivity index (χ4v) is 6.67. The lowest BCUT2D eigenvalue weighted by Gasteiger charge is -2.42. The number of nitrogens with zero attached hydrogens (tertiary/aromatic N) is 4. The molecule has 1 saturated carbocycles. The van der Waals surface area contributed by atoms with Crippen molar-refractivity contribution in [3.05, 3.63) is 30.6 Å². The normalized spacial score (nSPS) is 25.8. The number of hydrogen-bond acceptors (Lipinski definition) is 8. The number of rotatable bonds is 8. The second-order valence-electron chi connectivity index (χ2n) is 12.0. The molecule has 2 aromatic heterocycles. The Bertz CT molecular complexity index is 1030. The van der Waals surface area contributed by atoms with Gasteiger partial charge in [0.25, 0.3) is 0 Å². The number of nitrogens with one attached hydrogen (secondary N) is 2. The van der Waals surface area contributed by atoms with Crippen molar-refractivity contribution in [1.82, 2.24) is 20.3 Å². The average Bonchev–Trinajstić information content (AvgIpc) is 3.15. The predicted octanol–water partition coefficient (Wildman–Crippen LogP) is 4.53. The van der Waals surface area contributed by atoms with E-state index in [0.717, 1.165) is 94.5 Å². The highest BCUT2D eigenvalue weighted by molar-refractivity contribution is 5.61. The van der Waals surface area contributed by atoms with Crippen LogP contribution >= 0.6 is 0 Å². The van der Waals surface area contributed by atoms with Crippen molar-refractivity contribution in [2.75, 3.05) is 50.2 Å². The summed E-state index contributed by atoms with van der Waals surface area (Å²) in [6.07, 6.45) is 8.48. The molecular weight excluding hydrogens is 464 g/mol. The molecule has 1 aliphatic carbocycles. The van der Waals surface area contributed by atoms with E-state index in [0.29, 0.717) is 23.5 Å². The van der Waals surface area contributed by atoms with Crippen molar-refractivity contribution >= 4 is 11.6 Å². The van der Waals surface area contributed by atoms with Crippen LogP contribution in [0, 0.1) is 10.8 Å². The topological polar surface area (TPSA) is 84.4 Å². The van der Waals surface area contributed by atoms with E-state index in [-0.39, 0.29) is 5.41 Å². The van der Waals surface area contributed by atoms with Gasteiger partial charge in [0.05, 0.1) is 18.0 Å². The van der Waals surface area contributed by atoms with E-state index in [4.69, 9.17) is 14.5 Å². The van der Waals surface area contributed by atoms with Crippen molar-refractivity contribution in [3.63, 3.8) is 0 Å². The molecule has 2 N–H and O–H groups in total. The van der Waals surface area contributed by atoms with Gasteiger partial charge in [-0.3, -0.25) is 0 Å². The van der Waals surface area contributed by atoms with Crippen molar-refractivity contribution in [2.45, 2.75) is 77.4 Å². The molecule has 37 heavy (non-hydrogen) atoms. The lowest BCUT2D eigenvalue weighted by atomic mass is 9.64. The van der Waals surface area contributed by atoms with Gasteiger partial charge in [-0.25, -0.2) is 15.0 Å². The molecule has 8 nitrogen and oxygen atoms in total. The summed E-state index contributed by atoms with van der Waals surface area (Å²) in [4.78, 5) is 16.6. The van der Waals surface area contributed by atoms with Crippen LogP contribution in [0.4, 0.5) is 11.6 Å². The monoisotopic (exact) mass is 508 g/mol. The number of ether oxygens (including phenoxy) is 2. The van der Waals surface area contributed by atoms with Gasteiger partial charge in [-0.05, 0) is 68.4 Å². The van der Waals surface area contributed by atoms with Crippen LogP contribution in [-0.4, -0.2) is 73.1 Å². The molecule has 0 aromatic carbocycles. The van der Waals surface area contributed by atoms with Gasteiger partial charge in [-0.1, -0.05) is 19.9 Å². The van der Waals surface area contributed by atoms with Gasteiger partial charge in [0.1, 0.15) is 18.0 Å². The quantitative estimate of drug-likeness (QED) is 0.538. The van der Waals surface area contributed by atoms with Gasteiger partial charge in [-0.15, -0.1) is 0 Å². The Morgan fingerprint density at radius 1 is 1.05 bits per heavy atom. The molecule has 2 aromatic rings. The number of hydrogen-bond donors (Lipinski definition) is 2. The second-order valence-corrected chi connectivity index (χ2v) is 12.0. The minimum Gasteiger partial charge on any atom is -0.383 e. The number of anilines is 2. The Morgan fingerprint density at radius 2 is 1.81 bits per heavy atom. The second kappa shape index (κ2) is 11.2. The smallest absolute Gasteiger partial charge is 0.130 e. The minimum atomic E-state index is 0.233. The summed E-state index contributed by atoms with van der Waals surface area (Å²) in [6, 6.07) is 9.73. The van der Waals surface area contributed by atoms with E-state index in [1.165, 1.54) is 0 Å². The highest BCUT2D eigenvalue weighted by Gasteiger charge is 2.52. The van der Waals surface area contributed by atoms with Gasteiger partial charge in [0.15, 0.2) is 0 Å². The molecule has 8 heteroatoms. The third kappa shape index (κ3) is 5.91. The van der Waals surface area contributed by atoms with Crippen molar-refractivity contribution in [2.24, 2.45) is 10.8 Å². The van der Waals surface area contributed by atoms with Gasteiger partial charge >= 0.3 is 0 Å². The molecule has 202 valence electrons. The van der Waals surface area contributed by atoms with E-state index in [1.807, 2.05) is 6.07 Å². The first kappa shape index (κ1) is 26.3. The Labute approximate surface area is 222 Å². The standard InChI is InChI=1S/C29H44N6O2/c1-21(17-36-4)32-22-8-10-23(11-9-22)33-26-16-25(30-20-31-26)24-6-5-7-27(34-24)35-18-28(2,3)29(19-35)12-14-37-15-13-29/h5-7,16,20-23,32H,8-15,17-19H2,1-4H3,(H,30,31,33)/t21-,22?,23?/m1/s1. The zero-order valence-electron chi connectivity index (χ0n) is 23.0. The highest BCUT2D eigenvalue weighted by Crippen LogP contribution is 2.52. The Balaban J connectivity index is 1.23. The van der Waals surface area contributed by atoms with E-state index >= 15 is 0 Å². The summed E-state index contributed by atoms with van der Waals surface area (Å²) in [5.74, 6) is 1.92. The molecule has 5 rings (SSSR count). The third-order valence-corrected chi connectivity index (χ3v) is 8.97. The molecule has 2 saturated heterocycles. The van der Waals surface area contributed by atoms with Crippen LogP contribution in [0.15, 0.2) is 30.6 Å². The van der Waals surface area contributed by atoms with E-state index in [9.17, 15) is 0 Å². The minimum absolute atomic E-state index is 0.233. The number of aromatic nitrogens is 3. The van der Waals surface area contributed by atoms with Crippen LogP contribution in [0.25, 0.3) is 11.4 Å². The molecule has 4 heterocycles. The average molecular weight is 509 g/mol. The van der Waals surface area contributed by atoms with Gasteiger partial charge in [0.2, 0.25) is 0 Å². The number of methoxy groups -OCH3 is 1. The van der Waals surface area contributed by atoms with Crippen LogP contribution in [-0.2, 0) is 9.47 Å². The first-order valence-corrected chi connectivity index (χ1v) is 14.0. The molecule has 0 bridgehead atoms. The third-order valence-electron chi connectivity index (χ3n) is 8.97. The van der Waals surface area contributed by atoms with Crippen molar-refractivity contribution in [1.29, 1.82) is 0 Å². The summed E-state index contributed by atoms with van der Waals surface area (Å²) in [6.45, 7) is 11.6. The molecule has 0 unspecified atom stereocenters. The summed E-state index contributed by atoms with van der Waals surface area (Å²) in [5, 5.41) is 7.35.